The van der Waals surface area contributed by atoms with Crippen molar-refractivity contribution >= 4 is 5.69 Å². The maximum Gasteiger partial charge on any atom is 0.0396 e. The van der Waals surface area contributed by atoms with E-state index >= 15 is 0 Å². The molecular formula is C13H20N2. The standard InChI is InChI=1S/C13H20N2/c1-10-4-5-13(11(2)8-10)15-7-6-12(9-15)14-3/h4-5,8,12,14H,6-7,9H2,1-3H3. The average Bonchev–Trinajstić information content (AvgIpc) is 2.66. The van der Waals surface area contributed by atoms with E-state index in [4.69, 9.17) is 0 Å². The summed E-state index contributed by atoms with van der Waals surface area (Å²) in [6.07, 6.45) is 1.25. The van der Waals surface area contributed by atoms with Crippen LogP contribution in [0.15, 0.2) is 18.2 Å². The molecule has 1 atom stereocenters. The van der Waals surface area contributed by atoms with Crippen LogP contribution in [0.1, 0.15) is 17.5 Å². The maximum absolute atomic E-state index is 3.35. The number of hydrogen-bond acceptors (Lipinski definition) is 2. The molecule has 1 aliphatic rings. The van der Waals surface area contributed by atoms with Crippen molar-refractivity contribution in [3.8, 4) is 0 Å². The number of nitrogens with one attached hydrogen (secondary N) is 1. The number of benzene rings is 1. The van der Waals surface area contributed by atoms with Gasteiger partial charge in [-0.1, -0.05) is 17.7 Å². The van der Waals surface area contributed by atoms with Crippen molar-refractivity contribution in [3.63, 3.8) is 0 Å². The van der Waals surface area contributed by atoms with Gasteiger partial charge in [-0.3, -0.25) is 0 Å². The van der Waals surface area contributed by atoms with Crippen LogP contribution < -0.4 is 10.2 Å². The predicted molar refractivity (Wildman–Crippen MR) is 65.6 cm³/mol. The lowest BCUT2D eigenvalue weighted by Gasteiger charge is -2.21. The fourth-order valence-electron chi connectivity index (χ4n) is 2.37. The second-order valence-corrected chi connectivity index (χ2v) is 4.51. The molecule has 1 unspecified atom stereocenters. The fourth-order valence-corrected chi connectivity index (χ4v) is 2.37. The van der Waals surface area contributed by atoms with Crippen molar-refractivity contribution in [2.24, 2.45) is 0 Å². The van der Waals surface area contributed by atoms with E-state index in [1.54, 1.807) is 0 Å². The Bertz CT molecular complexity index is 346. The Morgan fingerprint density at radius 1 is 1.33 bits per heavy atom. The van der Waals surface area contributed by atoms with E-state index in [1.807, 2.05) is 0 Å². The van der Waals surface area contributed by atoms with Gasteiger partial charge < -0.3 is 10.2 Å². The number of likely N-dealkylation sites (N-methyl/N-ethyl adjacent to an activating group) is 1. The van der Waals surface area contributed by atoms with Crippen molar-refractivity contribution in [3.05, 3.63) is 29.3 Å². The van der Waals surface area contributed by atoms with Crippen LogP contribution >= 0.6 is 0 Å². The van der Waals surface area contributed by atoms with E-state index in [1.165, 1.54) is 29.8 Å². The molecule has 0 spiro atoms. The highest BCUT2D eigenvalue weighted by Crippen LogP contribution is 2.24. The number of aryl methyl sites for hydroxylation is 2. The smallest absolute Gasteiger partial charge is 0.0396 e. The van der Waals surface area contributed by atoms with Gasteiger partial charge in [-0.05, 0) is 38.9 Å². The molecule has 2 rings (SSSR count). The van der Waals surface area contributed by atoms with Gasteiger partial charge in [-0.2, -0.15) is 0 Å². The Morgan fingerprint density at radius 3 is 2.73 bits per heavy atom. The summed E-state index contributed by atoms with van der Waals surface area (Å²) in [4.78, 5) is 2.48. The van der Waals surface area contributed by atoms with Crippen molar-refractivity contribution in [1.82, 2.24) is 5.32 Å². The second-order valence-electron chi connectivity index (χ2n) is 4.51. The molecule has 0 saturated carbocycles. The molecular weight excluding hydrogens is 184 g/mol. The van der Waals surface area contributed by atoms with Crippen molar-refractivity contribution < 1.29 is 0 Å². The summed E-state index contributed by atoms with van der Waals surface area (Å²) < 4.78 is 0. The van der Waals surface area contributed by atoms with E-state index < -0.39 is 0 Å². The summed E-state index contributed by atoms with van der Waals surface area (Å²) in [5, 5.41) is 3.35. The minimum atomic E-state index is 0.658. The van der Waals surface area contributed by atoms with Crippen molar-refractivity contribution in [1.29, 1.82) is 0 Å². The molecule has 0 aromatic heterocycles. The summed E-state index contributed by atoms with van der Waals surface area (Å²) in [6, 6.07) is 7.38. The molecule has 0 amide bonds. The van der Waals surface area contributed by atoms with Gasteiger partial charge in [-0.25, -0.2) is 0 Å². The minimum Gasteiger partial charge on any atom is -0.370 e. The zero-order valence-corrected chi connectivity index (χ0v) is 9.88. The monoisotopic (exact) mass is 204 g/mol. The van der Waals surface area contributed by atoms with Gasteiger partial charge in [0.15, 0.2) is 0 Å². The largest absolute Gasteiger partial charge is 0.370 e. The maximum atomic E-state index is 3.35. The topological polar surface area (TPSA) is 15.3 Å². The van der Waals surface area contributed by atoms with Crippen LogP contribution in [0.4, 0.5) is 5.69 Å². The van der Waals surface area contributed by atoms with Crippen LogP contribution in [-0.4, -0.2) is 26.2 Å². The van der Waals surface area contributed by atoms with E-state index in [9.17, 15) is 0 Å². The summed E-state index contributed by atoms with van der Waals surface area (Å²) >= 11 is 0. The molecule has 1 N–H and O–H groups in total. The van der Waals surface area contributed by atoms with E-state index in [0.717, 1.165) is 6.54 Å². The van der Waals surface area contributed by atoms with Gasteiger partial charge in [-0.15, -0.1) is 0 Å². The Hall–Kier alpha value is -1.02. The molecule has 1 aliphatic heterocycles. The Labute approximate surface area is 92.3 Å². The molecule has 0 radical (unpaired) electrons. The van der Waals surface area contributed by atoms with Crippen molar-refractivity contribution in [2.75, 3.05) is 25.0 Å². The highest BCUT2D eigenvalue weighted by Gasteiger charge is 2.21. The van der Waals surface area contributed by atoms with E-state index in [-0.39, 0.29) is 0 Å². The summed E-state index contributed by atoms with van der Waals surface area (Å²) in [7, 11) is 2.05. The van der Waals surface area contributed by atoms with Crippen molar-refractivity contribution in [2.45, 2.75) is 26.3 Å². The van der Waals surface area contributed by atoms with Gasteiger partial charge in [0.2, 0.25) is 0 Å². The summed E-state index contributed by atoms with van der Waals surface area (Å²) in [5.41, 5.74) is 4.14. The Morgan fingerprint density at radius 2 is 2.13 bits per heavy atom. The third-order valence-corrected chi connectivity index (χ3v) is 3.29. The van der Waals surface area contributed by atoms with E-state index in [2.05, 4.69) is 49.3 Å². The lowest BCUT2D eigenvalue weighted by molar-refractivity contribution is 0.617. The molecule has 15 heavy (non-hydrogen) atoms. The van der Waals surface area contributed by atoms with Crippen LogP contribution in [0, 0.1) is 13.8 Å². The average molecular weight is 204 g/mol. The van der Waals surface area contributed by atoms with Crippen LogP contribution in [0.3, 0.4) is 0 Å². The van der Waals surface area contributed by atoms with Crippen LogP contribution in [0.25, 0.3) is 0 Å². The fraction of sp³-hybridized carbons (Fsp3) is 0.538. The Balaban J connectivity index is 2.17. The molecule has 1 aromatic rings. The first-order valence-electron chi connectivity index (χ1n) is 5.70. The highest BCUT2D eigenvalue weighted by atomic mass is 15.2. The first-order chi connectivity index (χ1) is 7.20. The molecule has 1 aromatic carbocycles. The molecule has 1 saturated heterocycles. The van der Waals surface area contributed by atoms with Gasteiger partial charge in [0, 0.05) is 24.8 Å². The van der Waals surface area contributed by atoms with Crippen LogP contribution in [0.5, 0.6) is 0 Å². The first-order valence-corrected chi connectivity index (χ1v) is 5.70. The minimum absolute atomic E-state index is 0.658. The third-order valence-electron chi connectivity index (χ3n) is 3.29. The zero-order chi connectivity index (χ0) is 10.8. The number of hydrogen-bond donors (Lipinski definition) is 1. The number of nitrogens with zero attached hydrogens (tertiary/aromatic N) is 1. The third kappa shape index (κ3) is 2.15. The molecule has 82 valence electrons. The molecule has 0 bridgehead atoms. The van der Waals surface area contributed by atoms with Gasteiger partial charge in [0.25, 0.3) is 0 Å². The summed E-state index contributed by atoms with van der Waals surface area (Å²) in [6.45, 7) is 6.67. The SMILES string of the molecule is CNC1CCN(c2ccc(C)cc2C)C1. The number of anilines is 1. The van der Waals surface area contributed by atoms with E-state index in [0.29, 0.717) is 6.04 Å². The Kier molecular flexibility index (Phi) is 2.96. The normalized spacial score (nSPS) is 21.0. The lowest BCUT2D eigenvalue weighted by atomic mass is 10.1. The highest BCUT2D eigenvalue weighted by molar-refractivity contribution is 5.55. The lowest BCUT2D eigenvalue weighted by Crippen LogP contribution is -2.29. The molecule has 2 nitrogen and oxygen atoms in total. The molecule has 2 heteroatoms. The van der Waals surface area contributed by atoms with Crippen LogP contribution in [-0.2, 0) is 0 Å². The van der Waals surface area contributed by atoms with Gasteiger partial charge in [0.1, 0.15) is 0 Å². The number of rotatable bonds is 2. The molecule has 1 fully saturated rings. The van der Waals surface area contributed by atoms with Gasteiger partial charge >= 0.3 is 0 Å². The predicted octanol–water partition coefficient (Wildman–Crippen LogP) is 2.10. The first kappa shape index (κ1) is 10.5. The molecule has 0 aliphatic carbocycles. The van der Waals surface area contributed by atoms with Gasteiger partial charge in [0.05, 0.1) is 0 Å². The zero-order valence-electron chi connectivity index (χ0n) is 9.88. The summed E-state index contributed by atoms with van der Waals surface area (Å²) in [5.74, 6) is 0. The molecule has 1 heterocycles. The van der Waals surface area contributed by atoms with Crippen LogP contribution in [0.2, 0.25) is 0 Å². The second kappa shape index (κ2) is 4.23. The quantitative estimate of drug-likeness (QED) is 0.793.